The van der Waals surface area contributed by atoms with Crippen LogP contribution in [0.3, 0.4) is 0 Å². The lowest BCUT2D eigenvalue weighted by atomic mass is 10.1. The SMILES string of the molecule is COc1ccc(N(CCCC(=O)N[C@H](C)c2ccc(C)cc2)S(C)(=O)=O)cc1. The molecule has 1 atom stereocenters. The Morgan fingerprint density at radius 1 is 1.11 bits per heavy atom. The molecule has 0 fully saturated rings. The molecule has 0 saturated carbocycles. The summed E-state index contributed by atoms with van der Waals surface area (Å²) in [5.74, 6) is 0.554. The van der Waals surface area contributed by atoms with Crippen LogP contribution in [0.4, 0.5) is 5.69 Å². The first-order valence-electron chi connectivity index (χ1n) is 9.18. The summed E-state index contributed by atoms with van der Waals surface area (Å²) in [5.41, 5.74) is 2.76. The topological polar surface area (TPSA) is 75.7 Å². The lowest BCUT2D eigenvalue weighted by molar-refractivity contribution is -0.121. The van der Waals surface area contributed by atoms with Crippen molar-refractivity contribution in [3.63, 3.8) is 0 Å². The smallest absolute Gasteiger partial charge is 0.232 e. The third-order valence-electron chi connectivity index (χ3n) is 4.48. The van der Waals surface area contributed by atoms with E-state index >= 15 is 0 Å². The van der Waals surface area contributed by atoms with Gasteiger partial charge in [0.2, 0.25) is 15.9 Å². The lowest BCUT2D eigenvalue weighted by Gasteiger charge is -2.22. The summed E-state index contributed by atoms with van der Waals surface area (Å²) in [4.78, 5) is 12.2. The van der Waals surface area contributed by atoms with Gasteiger partial charge in [-0.2, -0.15) is 0 Å². The number of nitrogens with zero attached hydrogens (tertiary/aromatic N) is 1. The van der Waals surface area contributed by atoms with Crippen LogP contribution in [0.1, 0.15) is 36.9 Å². The number of aryl methyl sites for hydroxylation is 1. The molecule has 28 heavy (non-hydrogen) atoms. The Balaban J connectivity index is 1.92. The number of amides is 1. The van der Waals surface area contributed by atoms with Gasteiger partial charge in [0, 0.05) is 13.0 Å². The van der Waals surface area contributed by atoms with E-state index in [1.807, 2.05) is 38.1 Å². The van der Waals surface area contributed by atoms with E-state index in [4.69, 9.17) is 4.74 Å². The zero-order valence-electron chi connectivity index (χ0n) is 16.8. The summed E-state index contributed by atoms with van der Waals surface area (Å²) in [7, 11) is -1.89. The van der Waals surface area contributed by atoms with Crippen molar-refractivity contribution in [2.24, 2.45) is 0 Å². The highest BCUT2D eigenvalue weighted by atomic mass is 32.2. The third-order valence-corrected chi connectivity index (χ3v) is 5.67. The van der Waals surface area contributed by atoms with E-state index in [2.05, 4.69) is 5.32 Å². The van der Waals surface area contributed by atoms with Crippen LogP contribution in [0, 0.1) is 6.92 Å². The molecule has 0 bridgehead atoms. The first kappa shape index (κ1) is 21.8. The maximum atomic E-state index is 12.2. The first-order valence-corrected chi connectivity index (χ1v) is 11.0. The molecule has 2 aromatic rings. The Morgan fingerprint density at radius 2 is 1.71 bits per heavy atom. The third kappa shape index (κ3) is 6.27. The number of methoxy groups -OCH3 is 1. The second-order valence-corrected chi connectivity index (χ2v) is 8.74. The maximum absolute atomic E-state index is 12.2. The largest absolute Gasteiger partial charge is 0.497 e. The van der Waals surface area contributed by atoms with Crippen molar-refractivity contribution in [3.05, 3.63) is 59.7 Å². The van der Waals surface area contributed by atoms with E-state index in [-0.39, 0.29) is 24.9 Å². The van der Waals surface area contributed by atoms with Gasteiger partial charge in [0.25, 0.3) is 0 Å². The number of sulfonamides is 1. The predicted octanol–water partition coefficient (Wildman–Crippen LogP) is 3.43. The minimum absolute atomic E-state index is 0.0966. The van der Waals surface area contributed by atoms with Crippen molar-refractivity contribution in [2.45, 2.75) is 32.7 Å². The van der Waals surface area contributed by atoms with E-state index in [0.29, 0.717) is 17.9 Å². The summed E-state index contributed by atoms with van der Waals surface area (Å²) in [6.45, 7) is 4.18. The van der Waals surface area contributed by atoms with Crippen LogP contribution in [0.25, 0.3) is 0 Å². The van der Waals surface area contributed by atoms with E-state index in [1.165, 1.54) is 9.87 Å². The summed E-state index contributed by atoms with van der Waals surface area (Å²) in [5, 5.41) is 2.96. The summed E-state index contributed by atoms with van der Waals surface area (Å²) < 4.78 is 30.7. The van der Waals surface area contributed by atoms with Crippen molar-refractivity contribution in [3.8, 4) is 5.75 Å². The molecule has 0 aliphatic heterocycles. The van der Waals surface area contributed by atoms with Crippen LogP contribution in [0.2, 0.25) is 0 Å². The van der Waals surface area contributed by atoms with Crippen LogP contribution in [0.5, 0.6) is 5.75 Å². The number of hydrogen-bond donors (Lipinski definition) is 1. The second kappa shape index (κ2) is 9.59. The monoisotopic (exact) mass is 404 g/mol. The average Bonchev–Trinajstić information content (AvgIpc) is 2.65. The summed E-state index contributed by atoms with van der Waals surface area (Å²) in [6, 6.07) is 14.7. The molecule has 0 radical (unpaired) electrons. The van der Waals surface area contributed by atoms with Crippen LogP contribution < -0.4 is 14.4 Å². The highest BCUT2D eigenvalue weighted by Gasteiger charge is 2.18. The molecule has 0 spiro atoms. The molecule has 0 aliphatic rings. The van der Waals surface area contributed by atoms with Gasteiger partial charge in [0.05, 0.1) is 25.1 Å². The highest BCUT2D eigenvalue weighted by Crippen LogP contribution is 2.22. The Labute approximate surface area is 167 Å². The van der Waals surface area contributed by atoms with Crippen molar-refractivity contribution in [1.82, 2.24) is 5.32 Å². The maximum Gasteiger partial charge on any atom is 0.232 e. The number of carbonyl (C=O) groups is 1. The zero-order valence-corrected chi connectivity index (χ0v) is 17.6. The molecule has 6 nitrogen and oxygen atoms in total. The van der Waals surface area contributed by atoms with E-state index in [0.717, 1.165) is 11.8 Å². The van der Waals surface area contributed by atoms with E-state index in [1.54, 1.807) is 31.4 Å². The highest BCUT2D eigenvalue weighted by molar-refractivity contribution is 7.92. The lowest BCUT2D eigenvalue weighted by Crippen LogP contribution is -2.32. The van der Waals surface area contributed by atoms with Gasteiger partial charge in [0.15, 0.2) is 0 Å². The molecule has 152 valence electrons. The van der Waals surface area contributed by atoms with Gasteiger partial charge in [-0.25, -0.2) is 8.42 Å². The molecule has 0 unspecified atom stereocenters. The van der Waals surface area contributed by atoms with E-state index in [9.17, 15) is 13.2 Å². The molecule has 7 heteroatoms. The predicted molar refractivity (Wildman–Crippen MR) is 112 cm³/mol. The standard InChI is InChI=1S/C21H28N2O4S/c1-16-7-9-18(10-8-16)17(2)22-21(24)6-5-15-23(28(4,25)26)19-11-13-20(27-3)14-12-19/h7-14,17H,5-6,15H2,1-4H3,(H,22,24)/t17-/m1/s1. The van der Waals surface area contributed by atoms with Crippen molar-refractivity contribution < 1.29 is 17.9 Å². The quantitative estimate of drug-likeness (QED) is 0.695. The van der Waals surface area contributed by atoms with Crippen molar-refractivity contribution in [1.29, 1.82) is 0 Å². The van der Waals surface area contributed by atoms with Crippen LogP contribution in [-0.2, 0) is 14.8 Å². The van der Waals surface area contributed by atoms with Crippen molar-refractivity contribution >= 4 is 21.6 Å². The van der Waals surface area contributed by atoms with Crippen LogP contribution >= 0.6 is 0 Å². The number of nitrogens with one attached hydrogen (secondary N) is 1. The number of hydrogen-bond acceptors (Lipinski definition) is 4. The Kier molecular flexibility index (Phi) is 7.45. The Hall–Kier alpha value is -2.54. The normalized spacial score (nSPS) is 12.3. The molecular weight excluding hydrogens is 376 g/mol. The number of rotatable bonds is 9. The van der Waals surface area contributed by atoms with Gasteiger partial charge in [0.1, 0.15) is 5.75 Å². The molecule has 0 saturated heterocycles. The second-order valence-electron chi connectivity index (χ2n) is 6.84. The van der Waals surface area contributed by atoms with Crippen LogP contribution in [-0.4, -0.2) is 34.2 Å². The molecule has 0 aromatic heterocycles. The van der Waals surface area contributed by atoms with Gasteiger partial charge in [-0.3, -0.25) is 9.10 Å². The fraction of sp³-hybridized carbons (Fsp3) is 0.381. The van der Waals surface area contributed by atoms with Gasteiger partial charge < -0.3 is 10.1 Å². The van der Waals surface area contributed by atoms with Gasteiger partial charge >= 0.3 is 0 Å². The number of benzene rings is 2. The summed E-state index contributed by atoms with van der Waals surface area (Å²) >= 11 is 0. The molecular formula is C21H28N2O4S. The molecule has 1 amide bonds. The van der Waals surface area contributed by atoms with Gasteiger partial charge in [-0.05, 0) is 50.1 Å². The first-order chi connectivity index (χ1) is 13.2. The molecule has 1 N–H and O–H groups in total. The van der Waals surface area contributed by atoms with Crippen LogP contribution in [0.15, 0.2) is 48.5 Å². The van der Waals surface area contributed by atoms with E-state index < -0.39 is 10.0 Å². The Morgan fingerprint density at radius 3 is 2.25 bits per heavy atom. The molecule has 2 rings (SSSR count). The van der Waals surface area contributed by atoms with Crippen molar-refractivity contribution in [2.75, 3.05) is 24.2 Å². The molecule has 0 heterocycles. The number of carbonyl (C=O) groups excluding carboxylic acids is 1. The number of ether oxygens (including phenoxy) is 1. The average molecular weight is 405 g/mol. The summed E-state index contributed by atoms with van der Waals surface area (Å²) in [6.07, 6.45) is 1.83. The minimum Gasteiger partial charge on any atom is -0.497 e. The fourth-order valence-electron chi connectivity index (χ4n) is 2.87. The number of anilines is 1. The zero-order chi connectivity index (χ0) is 20.7. The molecule has 2 aromatic carbocycles. The molecule has 0 aliphatic carbocycles. The minimum atomic E-state index is -3.44. The Bertz CT molecular complexity index is 878. The van der Waals surface area contributed by atoms with Gasteiger partial charge in [-0.1, -0.05) is 29.8 Å². The van der Waals surface area contributed by atoms with Gasteiger partial charge in [-0.15, -0.1) is 0 Å². The fourth-order valence-corrected chi connectivity index (χ4v) is 3.84.